The van der Waals surface area contributed by atoms with E-state index in [1.54, 1.807) is 30.3 Å². The summed E-state index contributed by atoms with van der Waals surface area (Å²) in [4.78, 5) is 8.68. The van der Waals surface area contributed by atoms with E-state index in [-0.39, 0.29) is 49.7 Å². The van der Waals surface area contributed by atoms with Crippen molar-refractivity contribution in [1.82, 2.24) is 0 Å². The molecule has 0 aliphatic heterocycles. The lowest BCUT2D eigenvalue weighted by molar-refractivity contribution is 0.511. The Labute approximate surface area is 386 Å². The minimum atomic E-state index is -0.370. The first-order chi connectivity index (χ1) is 26.9. The highest BCUT2D eigenvalue weighted by Gasteiger charge is 2.23. The molecule has 0 unspecified atom stereocenters. The van der Waals surface area contributed by atoms with Crippen molar-refractivity contribution in [3.8, 4) is 0 Å². The minimum Gasteiger partial charge on any atom is -0.370 e. The number of hydrogen-bond acceptors (Lipinski definition) is 4. The van der Waals surface area contributed by atoms with Gasteiger partial charge in [0.25, 0.3) is 0 Å². The molecule has 0 spiro atoms. The van der Waals surface area contributed by atoms with Crippen LogP contribution in [0.5, 0.6) is 0 Å². The number of nitrogens with zero attached hydrogens (tertiary/aromatic N) is 4. The molecule has 0 radical (unpaired) electrons. The van der Waals surface area contributed by atoms with E-state index in [2.05, 4.69) is 168 Å². The van der Waals surface area contributed by atoms with Crippen molar-refractivity contribution >= 4 is 89.4 Å². The Balaban J connectivity index is 0.000000393. The lowest BCUT2D eigenvalue weighted by atomic mass is 10.0. The summed E-state index contributed by atoms with van der Waals surface area (Å²) in [5, 5.41) is 1.09. The molecule has 12 heteroatoms. The summed E-state index contributed by atoms with van der Waals surface area (Å²) < 4.78 is 41.2. The van der Waals surface area contributed by atoms with E-state index in [9.17, 15) is 13.2 Å². The fourth-order valence-corrected chi connectivity index (χ4v) is 7.13. The zero-order valence-corrected chi connectivity index (χ0v) is 43.3. The Kier molecular flexibility index (Phi) is 21.5. The zero-order valence-electron chi connectivity index (χ0n) is 37.9. The second-order valence-corrected chi connectivity index (χ2v) is 20.8. The maximum atomic E-state index is 13.4. The number of hydrogen-bond donors (Lipinski definition) is 0. The summed E-state index contributed by atoms with van der Waals surface area (Å²) in [5.41, 5.74) is 3.98. The van der Waals surface area contributed by atoms with Crippen molar-refractivity contribution in [1.29, 1.82) is 0 Å². The molecular formula is C47H66Br2Cl3F3N4. The van der Waals surface area contributed by atoms with E-state index >= 15 is 0 Å². The van der Waals surface area contributed by atoms with Crippen LogP contribution in [0.25, 0.3) is 0 Å². The topological polar surface area (TPSA) is 13.0 Å². The molecule has 0 saturated heterocycles. The average molecular weight is 1010 g/mol. The van der Waals surface area contributed by atoms with Gasteiger partial charge in [-0.05, 0) is 209 Å². The maximum absolute atomic E-state index is 13.4. The number of rotatable bonds is 7. The highest BCUT2D eigenvalue weighted by molar-refractivity contribution is 9.10. The molecule has 4 nitrogen and oxygen atoms in total. The molecule has 0 heterocycles. The van der Waals surface area contributed by atoms with Crippen molar-refractivity contribution in [2.75, 3.05) is 46.3 Å². The fraction of sp³-hybridized carbons (Fsp3) is 0.489. The van der Waals surface area contributed by atoms with Crippen LogP contribution in [0.15, 0.2) is 81.7 Å². The third-order valence-corrected chi connectivity index (χ3v) is 11.8. The van der Waals surface area contributed by atoms with E-state index in [0.717, 1.165) is 51.9 Å². The summed E-state index contributed by atoms with van der Waals surface area (Å²) in [7, 11) is 2.07. The molecule has 0 N–H and O–H groups in total. The molecule has 0 fully saturated rings. The van der Waals surface area contributed by atoms with Crippen molar-refractivity contribution in [3.05, 3.63) is 114 Å². The van der Waals surface area contributed by atoms with Gasteiger partial charge in [0.15, 0.2) is 0 Å². The van der Waals surface area contributed by atoms with Gasteiger partial charge in [0, 0.05) is 76.1 Å². The molecule has 0 aromatic heterocycles. The van der Waals surface area contributed by atoms with Crippen LogP contribution < -0.4 is 19.6 Å². The Hall–Kier alpha value is -2.30. The molecule has 0 saturated carbocycles. The molecule has 0 aliphatic rings. The highest BCUT2D eigenvalue weighted by Crippen LogP contribution is 2.31. The van der Waals surface area contributed by atoms with Gasteiger partial charge in [0.05, 0.1) is 19.5 Å². The standard InChI is InChI=1S/C12H17BrFN.2C12H17ClFN.C11H15BrClN/c1-5-15(12(2,3)4)9-6-7-10(13)11(14)8-9;1-5-15(12(2,3)4)9-6-7-11(14)10(13)8-9;1-5-15(12(2,3)4)9-6-7-10(13)11(14)8-9;1-11(2,3)14(4)8-5-6-9(12)10(13)7-8/h3*6-8H,5H2,1-4H3;5-7H,1-4H3. The number of benzene rings is 4. The Morgan fingerprint density at radius 2 is 0.780 bits per heavy atom. The van der Waals surface area contributed by atoms with Gasteiger partial charge in [-0.15, -0.1) is 0 Å². The molecule has 0 amide bonds. The second kappa shape index (κ2) is 23.2. The number of halogens is 8. The SMILES string of the molecule is CCN(c1ccc(Br)c(F)c1)C(C)(C)C.CCN(c1ccc(Cl)c(F)c1)C(C)(C)C.CCN(c1ccc(F)c(Cl)c1)C(C)(C)C.CN(c1ccc(Br)c(Cl)c1)C(C)(C)C. The maximum Gasteiger partial charge on any atom is 0.143 e. The Bertz CT molecular complexity index is 1750. The van der Waals surface area contributed by atoms with Crippen LogP contribution in [0.4, 0.5) is 35.9 Å². The van der Waals surface area contributed by atoms with Crippen molar-refractivity contribution < 1.29 is 13.2 Å². The molecule has 4 aromatic rings. The summed E-state index contributed by atoms with van der Waals surface area (Å²) in [6.45, 7) is 34.3. The molecular weight excluding hydrogens is 944 g/mol. The van der Waals surface area contributed by atoms with Gasteiger partial charge in [0.2, 0.25) is 0 Å². The van der Waals surface area contributed by atoms with Gasteiger partial charge in [0.1, 0.15) is 17.5 Å². The van der Waals surface area contributed by atoms with Crippen molar-refractivity contribution in [2.24, 2.45) is 0 Å². The van der Waals surface area contributed by atoms with Crippen LogP contribution in [0.2, 0.25) is 15.1 Å². The Morgan fingerprint density at radius 3 is 1.14 bits per heavy atom. The smallest absolute Gasteiger partial charge is 0.143 e. The largest absolute Gasteiger partial charge is 0.370 e. The minimum absolute atomic E-state index is 0.00895. The first-order valence-corrected chi connectivity index (χ1v) is 22.5. The monoisotopic (exact) mass is 1010 g/mol. The number of anilines is 4. The zero-order chi connectivity index (χ0) is 45.8. The van der Waals surface area contributed by atoms with Crippen molar-refractivity contribution in [2.45, 2.75) is 126 Å². The van der Waals surface area contributed by atoms with Crippen LogP contribution >= 0.6 is 66.7 Å². The van der Waals surface area contributed by atoms with Crippen LogP contribution in [0.3, 0.4) is 0 Å². The van der Waals surface area contributed by atoms with Gasteiger partial charge in [-0.2, -0.15) is 0 Å². The summed E-state index contributed by atoms with van der Waals surface area (Å²) >= 11 is 24.0. The quantitative estimate of drug-likeness (QED) is 0.183. The van der Waals surface area contributed by atoms with E-state index < -0.39 is 0 Å². The highest BCUT2D eigenvalue weighted by atomic mass is 79.9. The predicted octanol–water partition coefficient (Wildman–Crippen LogP) is 16.8. The normalized spacial score (nSPS) is 11.6. The van der Waals surface area contributed by atoms with Gasteiger partial charge in [-0.25, -0.2) is 13.2 Å². The molecule has 59 heavy (non-hydrogen) atoms. The summed E-state index contributed by atoms with van der Waals surface area (Å²) in [6, 6.07) is 21.0. The van der Waals surface area contributed by atoms with E-state index in [0.29, 0.717) is 4.47 Å². The predicted molar refractivity (Wildman–Crippen MR) is 263 cm³/mol. The fourth-order valence-electron chi connectivity index (χ4n) is 6.17. The summed E-state index contributed by atoms with van der Waals surface area (Å²) in [6.07, 6.45) is 0. The van der Waals surface area contributed by atoms with Crippen LogP contribution in [0.1, 0.15) is 104 Å². The van der Waals surface area contributed by atoms with Gasteiger partial charge in [-0.3, -0.25) is 0 Å². The molecule has 0 atom stereocenters. The van der Waals surface area contributed by atoms with Gasteiger partial charge in [-0.1, -0.05) is 34.8 Å². The third kappa shape index (κ3) is 17.5. The first kappa shape index (κ1) is 54.7. The van der Waals surface area contributed by atoms with Gasteiger partial charge < -0.3 is 19.6 Å². The third-order valence-electron chi connectivity index (χ3n) is 9.32. The van der Waals surface area contributed by atoms with E-state index in [1.165, 1.54) is 12.1 Å². The van der Waals surface area contributed by atoms with Gasteiger partial charge >= 0.3 is 0 Å². The van der Waals surface area contributed by atoms with Crippen LogP contribution in [-0.4, -0.2) is 48.8 Å². The van der Waals surface area contributed by atoms with E-state index in [1.807, 2.05) is 24.3 Å². The Morgan fingerprint density at radius 1 is 0.424 bits per heavy atom. The van der Waals surface area contributed by atoms with Crippen LogP contribution in [-0.2, 0) is 0 Å². The molecule has 4 rings (SSSR count). The molecule has 0 bridgehead atoms. The second-order valence-electron chi connectivity index (χ2n) is 17.9. The molecule has 4 aromatic carbocycles. The lowest BCUT2D eigenvalue weighted by Crippen LogP contribution is -2.41. The average Bonchev–Trinajstić information content (AvgIpc) is 3.10. The van der Waals surface area contributed by atoms with E-state index in [4.69, 9.17) is 34.8 Å². The molecule has 0 aliphatic carbocycles. The van der Waals surface area contributed by atoms with Crippen LogP contribution in [0, 0.1) is 17.5 Å². The summed E-state index contributed by atoms with van der Waals surface area (Å²) in [5.74, 6) is -0.947. The first-order valence-electron chi connectivity index (χ1n) is 19.8. The molecule has 330 valence electrons. The lowest BCUT2D eigenvalue weighted by Gasteiger charge is -2.37. The van der Waals surface area contributed by atoms with Crippen molar-refractivity contribution in [3.63, 3.8) is 0 Å².